The minimum absolute atomic E-state index is 0.0529. The van der Waals surface area contributed by atoms with E-state index in [1.165, 1.54) is 0 Å². The Labute approximate surface area is 140 Å². The van der Waals surface area contributed by atoms with Crippen molar-refractivity contribution in [1.29, 1.82) is 0 Å². The number of carboxylic acid groups (broad SMARTS) is 1. The van der Waals surface area contributed by atoms with Gasteiger partial charge in [0, 0.05) is 17.4 Å². The monoisotopic (exact) mass is 330 g/mol. The molecule has 120 valence electrons. The van der Waals surface area contributed by atoms with Crippen molar-refractivity contribution in [3.05, 3.63) is 64.9 Å². The Morgan fingerprint density at radius 1 is 1.22 bits per heavy atom. The van der Waals surface area contributed by atoms with E-state index in [-0.39, 0.29) is 12.0 Å². The number of nitrogens with zero attached hydrogens (tertiary/aromatic N) is 2. The van der Waals surface area contributed by atoms with Crippen LogP contribution in [0.15, 0.2) is 48.8 Å². The van der Waals surface area contributed by atoms with Gasteiger partial charge in [0.15, 0.2) is 0 Å². The summed E-state index contributed by atoms with van der Waals surface area (Å²) in [5.74, 6) is -0.925. The van der Waals surface area contributed by atoms with Gasteiger partial charge in [-0.25, -0.2) is 0 Å². The summed E-state index contributed by atoms with van der Waals surface area (Å²) in [5.41, 5.74) is 2.21. The average Bonchev–Trinajstić information content (AvgIpc) is 2.57. The van der Waals surface area contributed by atoms with Crippen LogP contribution in [0.5, 0.6) is 0 Å². The molecular weight excluding hydrogens is 312 g/mol. The normalized spacial score (nSPS) is 17.8. The van der Waals surface area contributed by atoms with E-state index < -0.39 is 5.97 Å². The lowest BCUT2D eigenvalue weighted by Gasteiger charge is -2.37. The third kappa shape index (κ3) is 3.71. The van der Waals surface area contributed by atoms with E-state index in [4.69, 9.17) is 11.6 Å². The molecule has 23 heavy (non-hydrogen) atoms. The first-order valence-electron chi connectivity index (χ1n) is 7.77. The molecule has 1 atom stereocenters. The second kappa shape index (κ2) is 7.11. The highest BCUT2D eigenvalue weighted by atomic mass is 35.5. The summed E-state index contributed by atoms with van der Waals surface area (Å²) in [6.07, 6.45) is 4.98. The zero-order chi connectivity index (χ0) is 16.2. The predicted molar refractivity (Wildman–Crippen MR) is 89.5 cm³/mol. The summed E-state index contributed by atoms with van der Waals surface area (Å²) in [7, 11) is 0. The third-order valence-corrected chi connectivity index (χ3v) is 4.64. The number of likely N-dealkylation sites (tertiary alicyclic amines) is 1. The number of pyridine rings is 1. The zero-order valence-electron chi connectivity index (χ0n) is 12.7. The van der Waals surface area contributed by atoms with E-state index in [2.05, 4.69) is 22.0 Å². The van der Waals surface area contributed by atoms with Gasteiger partial charge < -0.3 is 5.11 Å². The molecule has 1 aliphatic rings. The van der Waals surface area contributed by atoms with Gasteiger partial charge in [-0.15, -0.1) is 0 Å². The summed E-state index contributed by atoms with van der Waals surface area (Å²) in [5, 5.41) is 9.89. The standard InChI is InChI=1S/C18H19ClN2O2/c19-16-5-1-3-14(11-16)17(15-4-2-8-20-12-15)21-9-6-13(7-10-21)18(22)23/h1-5,8,11-13,17H,6-7,9-10H2,(H,22,23). The van der Waals surface area contributed by atoms with Crippen LogP contribution in [0, 0.1) is 5.92 Å². The van der Waals surface area contributed by atoms with Crippen LogP contribution in [0.3, 0.4) is 0 Å². The SMILES string of the molecule is O=C(O)C1CCN(C(c2cccnc2)c2cccc(Cl)c2)CC1. The molecular formula is C18H19ClN2O2. The summed E-state index contributed by atoms with van der Waals surface area (Å²) in [6, 6.07) is 11.9. The lowest BCUT2D eigenvalue weighted by atomic mass is 9.92. The van der Waals surface area contributed by atoms with Gasteiger partial charge in [0.1, 0.15) is 0 Å². The first kappa shape index (κ1) is 16.0. The molecule has 0 aliphatic carbocycles. The van der Waals surface area contributed by atoms with Crippen molar-refractivity contribution in [3.63, 3.8) is 0 Å². The van der Waals surface area contributed by atoms with Gasteiger partial charge in [0.05, 0.1) is 12.0 Å². The number of carboxylic acids is 1. The number of aromatic nitrogens is 1. The first-order valence-corrected chi connectivity index (χ1v) is 8.15. The van der Waals surface area contributed by atoms with Gasteiger partial charge in [0.2, 0.25) is 0 Å². The molecule has 0 radical (unpaired) electrons. The minimum atomic E-state index is -0.690. The van der Waals surface area contributed by atoms with Crippen LogP contribution in [0.25, 0.3) is 0 Å². The van der Waals surface area contributed by atoms with Crippen molar-refractivity contribution in [3.8, 4) is 0 Å². The molecule has 1 saturated heterocycles. The Bertz CT molecular complexity index is 670. The molecule has 1 N–H and O–H groups in total. The van der Waals surface area contributed by atoms with Gasteiger partial charge >= 0.3 is 5.97 Å². The van der Waals surface area contributed by atoms with Crippen molar-refractivity contribution < 1.29 is 9.90 Å². The lowest BCUT2D eigenvalue weighted by Crippen LogP contribution is -2.39. The molecule has 4 nitrogen and oxygen atoms in total. The van der Waals surface area contributed by atoms with Crippen LogP contribution in [-0.2, 0) is 4.79 Å². The van der Waals surface area contributed by atoms with Gasteiger partial charge in [-0.3, -0.25) is 14.7 Å². The number of rotatable bonds is 4. The molecule has 5 heteroatoms. The van der Waals surface area contributed by atoms with Crippen LogP contribution in [0.2, 0.25) is 5.02 Å². The van der Waals surface area contributed by atoms with Crippen LogP contribution in [0.1, 0.15) is 30.0 Å². The van der Waals surface area contributed by atoms with Gasteiger partial charge in [-0.1, -0.05) is 29.8 Å². The van der Waals surface area contributed by atoms with Crippen molar-refractivity contribution in [2.24, 2.45) is 5.92 Å². The molecule has 0 saturated carbocycles. The number of piperidine rings is 1. The summed E-state index contributed by atoms with van der Waals surface area (Å²) in [6.45, 7) is 1.51. The van der Waals surface area contributed by atoms with Gasteiger partial charge in [-0.05, 0) is 55.3 Å². The number of carbonyl (C=O) groups is 1. The van der Waals surface area contributed by atoms with Crippen molar-refractivity contribution in [1.82, 2.24) is 9.88 Å². The number of benzene rings is 1. The van der Waals surface area contributed by atoms with E-state index in [9.17, 15) is 9.90 Å². The smallest absolute Gasteiger partial charge is 0.306 e. The minimum Gasteiger partial charge on any atom is -0.481 e. The fourth-order valence-electron chi connectivity index (χ4n) is 3.23. The highest BCUT2D eigenvalue weighted by Gasteiger charge is 2.30. The van der Waals surface area contributed by atoms with E-state index in [1.807, 2.05) is 30.5 Å². The van der Waals surface area contributed by atoms with E-state index in [1.54, 1.807) is 6.20 Å². The summed E-state index contributed by atoms with van der Waals surface area (Å²) >= 11 is 6.17. The van der Waals surface area contributed by atoms with Crippen molar-refractivity contribution in [2.75, 3.05) is 13.1 Å². The Balaban J connectivity index is 1.89. The molecule has 1 aliphatic heterocycles. The molecule has 3 rings (SSSR count). The molecule has 1 unspecified atom stereocenters. The number of hydrogen-bond acceptors (Lipinski definition) is 3. The Hall–Kier alpha value is -1.91. The molecule has 0 bridgehead atoms. The quantitative estimate of drug-likeness (QED) is 0.930. The fraction of sp³-hybridized carbons (Fsp3) is 0.333. The van der Waals surface area contributed by atoms with Crippen molar-refractivity contribution >= 4 is 17.6 Å². The average molecular weight is 331 g/mol. The van der Waals surface area contributed by atoms with E-state index in [0.717, 1.165) is 24.2 Å². The highest BCUT2D eigenvalue weighted by molar-refractivity contribution is 6.30. The topological polar surface area (TPSA) is 53.4 Å². The molecule has 2 heterocycles. The van der Waals surface area contributed by atoms with Crippen LogP contribution in [0.4, 0.5) is 0 Å². The summed E-state index contributed by atoms with van der Waals surface area (Å²) in [4.78, 5) is 17.7. The predicted octanol–water partition coefficient (Wildman–Crippen LogP) is 3.62. The molecule has 0 amide bonds. The largest absolute Gasteiger partial charge is 0.481 e. The maximum Gasteiger partial charge on any atom is 0.306 e. The second-order valence-electron chi connectivity index (χ2n) is 5.89. The van der Waals surface area contributed by atoms with Crippen LogP contribution >= 0.6 is 11.6 Å². The van der Waals surface area contributed by atoms with E-state index in [0.29, 0.717) is 17.9 Å². The first-order chi connectivity index (χ1) is 11.1. The second-order valence-corrected chi connectivity index (χ2v) is 6.33. The van der Waals surface area contributed by atoms with Crippen LogP contribution in [-0.4, -0.2) is 34.0 Å². The van der Waals surface area contributed by atoms with Gasteiger partial charge in [-0.2, -0.15) is 0 Å². The Morgan fingerprint density at radius 2 is 1.96 bits per heavy atom. The lowest BCUT2D eigenvalue weighted by molar-refractivity contribution is -0.143. The Kier molecular flexibility index (Phi) is 4.94. The fourth-order valence-corrected chi connectivity index (χ4v) is 3.43. The molecule has 0 spiro atoms. The number of hydrogen-bond donors (Lipinski definition) is 1. The maximum atomic E-state index is 11.2. The molecule has 2 aromatic rings. The molecule has 1 aromatic carbocycles. The third-order valence-electron chi connectivity index (χ3n) is 4.41. The maximum absolute atomic E-state index is 11.2. The number of aliphatic carboxylic acids is 1. The molecule has 1 aromatic heterocycles. The summed E-state index contributed by atoms with van der Waals surface area (Å²) < 4.78 is 0. The Morgan fingerprint density at radius 3 is 2.57 bits per heavy atom. The van der Waals surface area contributed by atoms with E-state index >= 15 is 0 Å². The zero-order valence-corrected chi connectivity index (χ0v) is 13.5. The van der Waals surface area contributed by atoms with Crippen molar-refractivity contribution in [2.45, 2.75) is 18.9 Å². The highest BCUT2D eigenvalue weighted by Crippen LogP contribution is 2.33. The molecule has 1 fully saturated rings. The number of halogens is 1. The van der Waals surface area contributed by atoms with Crippen LogP contribution < -0.4 is 0 Å². The van der Waals surface area contributed by atoms with Gasteiger partial charge in [0.25, 0.3) is 0 Å².